The molecule has 1 N–H and O–H groups in total. The molecule has 0 bridgehead atoms. The summed E-state index contributed by atoms with van der Waals surface area (Å²) in [5, 5.41) is 2.68. The lowest BCUT2D eigenvalue weighted by molar-refractivity contribution is -0.118. The van der Waals surface area contributed by atoms with Crippen LogP contribution in [-0.4, -0.2) is 26.6 Å². The Morgan fingerprint density at radius 1 is 1.26 bits per heavy atom. The Hall–Kier alpha value is -1.36. The van der Waals surface area contributed by atoms with Crippen molar-refractivity contribution in [2.24, 2.45) is 5.92 Å². The highest BCUT2D eigenvalue weighted by Gasteiger charge is 2.23. The quantitative estimate of drug-likeness (QED) is 0.858. The van der Waals surface area contributed by atoms with Gasteiger partial charge in [-0.15, -0.1) is 0 Å². The molecular weight excluding hydrogens is 262 g/mol. The average Bonchev–Trinajstić information content (AvgIpc) is 3.12. The highest BCUT2D eigenvalue weighted by Crippen LogP contribution is 2.27. The third kappa shape index (κ3) is 5.03. The molecule has 0 aromatic heterocycles. The Balaban J connectivity index is 1.86. The van der Waals surface area contributed by atoms with Crippen LogP contribution in [0.5, 0.6) is 0 Å². The molecule has 0 radical (unpaired) electrons. The number of benzene rings is 1. The number of carbonyl (C=O) groups excluding carboxylic acids is 1. The van der Waals surface area contributed by atoms with E-state index in [2.05, 4.69) is 5.32 Å². The van der Waals surface area contributed by atoms with Crippen LogP contribution in [0.2, 0.25) is 0 Å². The van der Waals surface area contributed by atoms with Gasteiger partial charge in [-0.3, -0.25) is 4.79 Å². The van der Waals surface area contributed by atoms with Gasteiger partial charge in [-0.05, 0) is 31.2 Å². The Labute approximate surface area is 114 Å². The van der Waals surface area contributed by atoms with Gasteiger partial charge >= 0.3 is 0 Å². The van der Waals surface area contributed by atoms with Crippen molar-refractivity contribution in [2.75, 3.05) is 12.3 Å². The van der Waals surface area contributed by atoms with E-state index in [1.54, 1.807) is 12.1 Å². The van der Waals surface area contributed by atoms with Gasteiger partial charge in [0, 0.05) is 6.54 Å². The first kappa shape index (κ1) is 14.1. The second kappa shape index (κ2) is 5.74. The van der Waals surface area contributed by atoms with Crippen molar-refractivity contribution in [3.05, 3.63) is 35.4 Å². The van der Waals surface area contributed by atoms with E-state index in [4.69, 9.17) is 0 Å². The van der Waals surface area contributed by atoms with Crippen molar-refractivity contribution < 1.29 is 13.2 Å². The van der Waals surface area contributed by atoms with Crippen LogP contribution < -0.4 is 5.32 Å². The number of amides is 1. The molecule has 19 heavy (non-hydrogen) atoms. The van der Waals surface area contributed by atoms with Crippen LogP contribution in [0.1, 0.15) is 24.0 Å². The van der Waals surface area contributed by atoms with Crippen LogP contribution in [0, 0.1) is 12.8 Å². The Morgan fingerprint density at radius 2 is 1.89 bits per heavy atom. The standard InChI is InChI=1S/C14H19NO3S/c1-11-2-4-13(5-3-11)9-19(17,18)10-14(16)15-8-12-6-7-12/h2-5,12H,6-10H2,1H3,(H,15,16). The van der Waals surface area contributed by atoms with Crippen molar-refractivity contribution in [3.8, 4) is 0 Å². The zero-order valence-electron chi connectivity index (χ0n) is 11.1. The molecule has 1 amide bonds. The van der Waals surface area contributed by atoms with Crippen molar-refractivity contribution in [3.63, 3.8) is 0 Å². The third-order valence-corrected chi connectivity index (χ3v) is 4.62. The van der Waals surface area contributed by atoms with Gasteiger partial charge in [0.1, 0.15) is 5.75 Å². The van der Waals surface area contributed by atoms with Crippen molar-refractivity contribution in [1.82, 2.24) is 5.32 Å². The van der Waals surface area contributed by atoms with Crippen LogP contribution in [0.25, 0.3) is 0 Å². The number of aryl methyl sites for hydroxylation is 1. The van der Waals surface area contributed by atoms with Crippen molar-refractivity contribution >= 4 is 15.7 Å². The minimum Gasteiger partial charge on any atom is -0.355 e. The van der Waals surface area contributed by atoms with Crippen LogP contribution in [0.15, 0.2) is 24.3 Å². The number of hydrogen-bond donors (Lipinski definition) is 1. The van der Waals surface area contributed by atoms with E-state index >= 15 is 0 Å². The van der Waals surface area contributed by atoms with Crippen LogP contribution in [0.4, 0.5) is 0 Å². The van der Waals surface area contributed by atoms with E-state index in [-0.39, 0.29) is 11.7 Å². The highest BCUT2D eigenvalue weighted by molar-refractivity contribution is 7.91. The van der Waals surface area contributed by atoms with Gasteiger partial charge in [0.05, 0.1) is 5.75 Å². The lowest BCUT2D eigenvalue weighted by Gasteiger charge is -2.06. The maximum absolute atomic E-state index is 11.9. The molecule has 4 nitrogen and oxygen atoms in total. The molecule has 5 heteroatoms. The monoisotopic (exact) mass is 281 g/mol. The predicted molar refractivity (Wildman–Crippen MR) is 74.4 cm³/mol. The van der Waals surface area contributed by atoms with Crippen molar-refractivity contribution in [2.45, 2.75) is 25.5 Å². The fourth-order valence-electron chi connectivity index (χ4n) is 1.82. The SMILES string of the molecule is Cc1ccc(CS(=O)(=O)CC(=O)NCC2CC2)cc1. The zero-order chi connectivity index (χ0) is 13.9. The molecule has 1 aliphatic carbocycles. The van der Waals surface area contributed by atoms with Gasteiger partial charge in [0.25, 0.3) is 0 Å². The Morgan fingerprint density at radius 3 is 2.47 bits per heavy atom. The first-order valence-electron chi connectivity index (χ1n) is 6.47. The molecule has 0 aliphatic heterocycles. The van der Waals surface area contributed by atoms with Gasteiger partial charge < -0.3 is 5.32 Å². The number of sulfone groups is 1. The predicted octanol–water partition coefficient (Wildman–Crippen LogP) is 1.44. The van der Waals surface area contributed by atoms with Gasteiger partial charge in [0.2, 0.25) is 5.91 Å². The number of rotatable bonds is 6. The minimum atomic E-state index is -3.39. The molecule has 1 saturated carbocycles. The second-order valence-corrected chi connectivity index (χ2v) is 7.33. The van der Waals surface area contributed by atoms with Gasteiger partial charge in [-0.25, -0.2) is 8.42 Å². The second-order valence-electron chi connectivity index (χ2n) is 5.27. The summed E-state index contributed by atoms with van der Waals surface area (Å²) in [6.45, 7) is 2.56. The third-order valence-electron chi connectivity index (χ3n) is 3.14. The average molecular weight is 281 g/mol. The van der Waals surface area contributed by atoms with Crippen LogP contribution in [0.3, 0.4) is 0 Å². The van der Waals surface area contributed by atoms with Crippen LogP contribution in [-0.2, 0) is 20.4 Å². The summed E-state index contributed by atoms with van der Waals surface area (Å²) in [7, 11) is -3.39. The Bertz CT molecular complexity index is 545. The molecule has 104 valence electrons. The normalized spacial score (nSPS) is 15.2. The lowest BCUT2D eigenvalue weighted by atomic mass is 10.2. The van der Waals surface area contributed by atoms with Crippen molar-refractivity contribution in [1.29, 1.82) is 0 Å². The first-order valence-corrected chi connectivity index (χ1v) is 8.29. The van der Waals surface area contributed by atoms with Crippen LogP contribution >= 0.6 is 0 Å². The molecule has 1 aromatic rings. The van der Waals surface area contributed by atoms with E-state index in [1.807, 2.05) is 19.1 Å². The lowest BCUT2D eigenvalue weighted by Crippen LogP contribution is -2.32. The fraction of sp³-hybridized carbons (Fsp3) is 0.500. The highest BCUT2D eigenvalue weighted by atomic mass is 32.2. The molecule has 0 atom stereocenters. The summed E-state index contributed by atoms with van der Waals surface area (Å²) >= 11 is 0. The Kier molecular flexibility index (Phi) is 4.24. The topological polar surface area (TPSA) is 63.2 Å². The van der Waals surface area contributed by atoms with E-state index < -0.39 is 15.6 Å². The molecule has 0 spiro atoms. The summed E-state index contributed by atoms with van der Waals surface area (Å²) in [5.74, 6) is -0.333. The summed E-state index contributed by atoms with van der Waals surface area (Å²) in [5.41, 5.74) is 1.81. The molecule has 2 rings (SSSR count). The molecule has 1 fully saturated rings. The maximum Gasteiger partial charge on any atom is 0.235 e. The van der Waals surface area contributed by atoms with E-state index in [9.17, 15) is 13.2 Å². The van der Waals surface area contributed by atoms with E-state index in [0.29, 0.717) is 12.5 Å². The van der Waals surface area contributed by atoms with Gasteiger partial charge in [0.15, 0.2) is 9.84 Å². The van der Waals surface area contributed by atoms with Gasteiger partial charge in [-0.2, -0.15) is 0 Å². The summed E-state index contributed by atoms with van der Waals surface area (Å²) in [6.07, 6.45) is 2.27. The minimum absolute atomic E-state index is 0.0792. The molecular formula is C14H19NO3S. The van der Waals surface area contributed by atoms with E-state index in [0.717, 1.165) is 24.0 Å². The summed E-state index contributed by atoms with van der Waals surface area (Å²) < 4.78 is 23.8. The summed E-state index contributed by atoms with van der Waals surface area (Å²) in [4.78, 5) is 11.5. The number of nitrogens with one attached hydrogen (secondary N) is 1. The largest absolute Gasteiger partial charge is 0.355 e. The van der Waals surface area contributed by atoms with Gasteiger partial charge in [-0.1, -0.05) is 29.8 Å². The maximum atomic E-state index is 11.9. The molecule has 1 aromatic carbocycles. The molecule has 0 heterocycles. The van der Waals surface area contributed by atoms with E-state index in [1.165, 1.54) is 0 Å². The number of carbonyl (C=O) groups is 1. The molecule has 0 saturated heterocycles. The summed E-state index contributed by atoms with van der Waals surface area (Å²) in [6, 6.07) is 7.32. The number of hydrogen-bond acceptors (Lipinski definition) is 3. The zero-order valence-corrected chi connectivity index (χ0v) is 11.9. The fourth-order valence-corrected chi connectivity index (χ4v) is 3.12. The first-order chi connectivity index (χ1) is 8.94. The molecule has 1 aliphatic rings. The smallest absolute Gasteiger partial charge is 0.235 e. The molecule has 0 unspecified atom stereocenters.